The molecule has 0 unspecified atom stereocenters. The first kappa shape index (κ1) is 27.9. The molecule has 0 aliphatic heterocycles. The molecule has 2 aromatic heterocycles. The van der Waals surface area contributed by atoms with Gasteiger partial charge < -0.3 is 9.15 Å². The van der Waals surface area contributed by atoms with Crippen molar-refractivity contribution in [1.82, 2.24) is 9.29 Å². The van der Waals surface area contributed by atoms with Crippen molar-refractivity contribution in [2.75, 3.05) is 25.7 Å². The van der Waals surface area contributed by atoms with Crippen LogP contribution in [0.4, 0.5) is 11.0 Å². The molecule has 0 aliphatic rings. The molecular weight excluding hydrogens is 546 g/mol. The number of ether oxygens (including phenoxy) is 1. The molecule has 0 spiro atoms. The van der Waals surface area contributed by atoms with Crippen molar-refractivity contribution in [3.05, 3.63) is 76.0 Å². The van der Waals surface area contributed by atoms with Crippen LogP contribution in [0.25, 0.3) is 10.2 Å². The largest absolute Gasteiger partial charge is 0.497 e. The molecule has 12 nitrogen and oxygen atoms in total. The molecule has 0 atom stereocenters. The number of aromatic nitrogens is 1. The van der Waals surface area contributed by atoms with Crippen LogP contribution in [0, 0.1) is 10.1 Å². The van der Waals surface area contributed by atoms with E-state index in [1.807, 2.05) is 6.92 Å². The number of hydrazone groups is 1. The van der Waals surface area contributed by atoms with E-state index in [9.17, 15) is 23.3 Å². The molecule has 0 aliphatic carbocycles. The quantitative estimate of drug-likeness (QED) is 0.140. The zero-order valence-corrected chi connectivity index (χ0v) is 22.9. The number of sulfonamides is 1. The van der Waals surface area contributed by atoms with Crippen molar-refractivity contribution in [2.24, 2.45) is 5.10 Å². The Kier molecular flexibility index (Phi) is 8.38. The van der Waals surface area contributed by atoms with Crippen molar-refractivity contribution in [1.29, 1.82) is 0 Å². The molecule has 39 heavy (non-hydrogen) atoms. The number of rotatable bonds is 11. The lowest BCUT2D eigenvalue weighted by atomic mass is 10.2. The fourth-order valence-corrected chi connectivity index (χ4v) is 5.66. The average Bonchev–Trinajstić information content (AvgIpc) is 3.58. The first-order valence-electron chi connectivity index (χ1n) is 11.8. The number of carbonyl (C=O) groups excluding carboxylic acids is 1. The lowest BCUT2D eigenvalue weighted by molar-refractivity contribution is -0.402. The number of amides is 1. The van der Waals surface area contributed by atoms with Crippen molar-refractivity contribution in [3.8, 4) is 5.75 Å². The van der Waals surface area contributed by atoms with E-state index in [-0.39, 0.29) is 21.4 Å². The van der Waals surface area contributed by atoms with Crippen LogP contribution in [0.2, 0.25) is 0 Å². The van der Waals surface area contributed by atoms with Crippen molar-refractivity contribution < 1.29 is 27.3 Å². The number of thiazole rings is 1. The molecule has 2 aromatic carbocycles. The number of unbranched alkanes of at least 4 members (excludes halogenated alkanes) is 1. The monoisotopic (exact) mass is 571 g/mol. The second kappa shape index (κ2) is 11.7. The fraction of sp³-hybridized carbons (Fsp3) is 0.240. The molecule has 0 fully saturated rings. The van der Waals surface area contributed by atoms with Crippen LogP contribution in [0.3, 0.4) is 0 Å². The van der Waals surface area contributed by atoms with Crippen LogP contribution in [-0.2, 0) is 10.0 Å². The summed E-state index contributed by atoms with van der Waals surface area (Å²) in [5.41, 5.74) is 0.763. The second-order valence-corrected chi connectivity index (χ2v) is 11.4. The number of nitrogens with zero attached hydrogens (tertiary/aromatic N) is 5. The summed E-state index contributed by atoms with van der Waals surface area (Å²) >= 11 is 1.18. The second-order valence-electron chi connectivity index (χ2n) is 8.33. The number of carbonyl (C=O) groups is 1. The molecule has 0 saturated heterocycles. The Labute approximate surface area is 228 Å². The highest BCUT2D eigenvalue weighted by Gasteiger charge is 2.24. The van der Waals surface area contributed by atoms with Gasteiger partial charge in [-0.25, -0.2) is 17.7 Å². The summed E-state index contributed by atoms with van der Waals surface area (Å²) in [5, 5.41) is 16.4. The van der Waals surface area contributed by atoms with E-state index in [0.717, 1.165) is 22.6 Å². The van der Waals surface area contributed by atoms with Crippen molar-refractivity contribution in [3.63, 3.8) is 0 Å². The van der Waals surface area contributed by atoms with Gasteiger partial charge in [0.1, 0.15) is 10.7 Å². The standard InChI is InChI=1S/C25H25N5O7S2/c1-4-5-14-28(2)39(34,35)20-10-6-17(7-11-20)24(31)29(26-16-19-9-13-23(37-19)30(32)33)25-27-21-12-8-18(36-3)15-22(21)38-25/h6-13,15-16H,4-5,14H2,1-3H3/b26-16+. The summed E-state index contributed by atoms with van der Waals surface area (Å²) in [6.45, 7) is 2.36. The van der Waals surface area contributed by atoms with E-state index in [0.29, 0.717) is 17.8 Å². The zero-order valence-electron chi connectivity index (χ0n) is 21.3. The van der Waals surface area contributed by atoms with Crippen LogP contribution in [0.1, 0.15) is 35.9 Å². The summed E-state index contributed by atoms with van der Waals surface area (Å²) in [7, 11) is -0.657. The molecule has 204 valence electrons. The smallest absolute Gasteiger partial charge is 0.433 e. The summed E-state index contributed by atoms with van der Waals surface area (Å²) in [4.78, 5) is 28.4. The Hall–Kier alpha value is -4.14. The van der Waals surface area contributed by atoms with Crippen molar-refractivity contribution in [2.45, 2.75) is 24.7 Å². The van der Waals surface area contributed by atoms with Gasteiger partial charge in [-0.1, -0.05) is 24.7 Å². The minimum atomic E-state index is -3.71. The molecule has 1 amide bonds. The van der Waals surface area contributed by atoms with Gasteiger partial charge in [0.05, 0.1) is 34.5 Å². The van der Waals surface area contributed by atoms with Crippen LogP contribution >= 0.6 is 11.3 Å². The maximum absolute atomic E-state index is 13.6. The summed E-state index contributed by atoms with van der Waals surface area (Å²) < 4.78 is 38.1. The maximum atomic E-state index is 13.6. The topological polar surface area (TPSA) is 148 Å². The van der Waals surface area contributed by atoms with Gasteiger partial charge in [0.2, 0.25) is 15.2 Å². The minimum Gasteiger partial charge on any atom is -0.497 e. The highest BCUT2D eigenvalue weighted by molar-refractivity contribution is 7.89. The van der Waals surface area contributed by atoms with E-state index >= 15 is 0 Å². The highest BCUT2D eigenvalue weighted by atomic mass is 32.2. The molecule has 14 heteroatoms. The van der Waals surface area contributed by atoms with E-state index in [1.54, 1.807) is 18.2 Å². The third-order valence-electron chi connectivity index (χ3n) is 5.69. The van der Waals surface area contributed by atoms with Gasteiger partial charge in [0.25, 0.3) is 5.91 Å². The Morgan fingerprint density at radius 1 is 1.21 bits per heavy atom. The number of fused-ring (bicyclic) bond motifs is 1. The van der Waals surface area contributed by atoms with Crippen LogP contribution in [-0.4, -0.2) is 55.5 Å². The lowest BCUT2D eigenvalue weighted by Gasteiger charge is -2.17. The lowest BCUT2D eigenvalue weighted by Crippen LogP contribution is -2.28. The van der Waals surface area contributed by atoms with Gasteiger partial charge >= 0.3 is 5.88 Å². The maximum Gasteiger partial charge on any atom is 0.433 e. The molecule has 4 rings (SSSR count). The number of furan rings is 1. The Balaban J connectivity index is 1.68. The number of benzene rings is 2. The van der Waals surface area contributed by atoms with Gasteiger partial charge in [-0.2, -0.15) is 10.1 Å². The SMILES string of the molecule is CCCCN(C)S(=O)(=O)c1ccc(C(=O)N(/N=C/c2ccc([N+](=O)[O-])o2)c2nc3ccc(OC)cc3s2)cc1. The fourth-order valence-electron chi connectivity index (χ4n) is 3.50. The molecule has 2 heterocycles. The zero-order chi connectivity index (χ0) is 28.2. The Bertz CT molecular complexity index is 1630. The molecule has 0 bridgehead atoms. The van der Waals surface area contributed by atoms with Crippen molar-refractivity contribution >= 4 is 54.7 Å². The predicted molar refractivity (Wildman–Crippen MR) is 147 cm³/mol. The van der Waals surface area contributed by atoms with Crippen LogP contribution in [0.15, 0.2) is 69.0 Å². The van der Waals surface area contributed by atoms with Gasteiger partial charge in [-0.05, 0) is 55.0 Å². The summed E-state index contributed by atoms with van der Waals surface area (Å²) in [6.07, 6.45) is 2.75. The van der Waals surface area contributed by atoms with E-state index in [1.165, 1.54) is 72.4 Å². The summed E-state index contributed by atoms with van der Waals surface area (Å²) in [5.74, 6) is -0.398. The van der Waals surface area contributed by atoms with Crippen LogP contribution in [0.5, 0.6) is 5.75 Å². The molecule has 0 radical (unpaired) electrons. The highest BCUT2D eigenvalue weighted by Crippen LogP contribution is 2.32. The van der Waals surface area contributed by atoms with E-state index in [2.05, 4.69) is 10.1 Å². The third kappa shape index (κ3) is 6.13. The first-order chi connectivity index (χ1) is 18.6. The number of hydrogen-bond acceptors (Lipinski definition) is 10. The van der Waals surface area contributed by atoms with Crippen LogP contribution < -0.4 is 9.75 Å². The number of anilines is 1. The normalized spacial score (nSPS) is 11.9. The minimum absolute atomic E-state index is 0.0545. The Morgan fingerprint density at radius 3 is 2.59 bits per heavy atom. The molecule has 0 N–H and O–H groups in total. The number of hydrogen-bond donors (Lipinski definition) is 0. The van der Waals surface area contributed by atoms with Gasteiger partial charge in [0.15, 0.2) is 5.76 Å². The number of nitro groups is 1. The predicted octanol–water partition coefficient (Wildman–Crippen LogP) is 4.91. The van der Waals surface area contributed by atoms with E-state index in [4.69, 9.17) is 9.15 Å². The van der Waals surface area contributed by atoms with E-state index < -0.39 is 26.7 Å². The van der Waals surface area contributed by atoms with Gasteiger partial charge in [-0.15, -0.1) is 0 Å². The molecule has 0 saturated carbocycles. The first-order valence-corrected chi connectivity index (χ1v) is 14.0. The molecule has 4 aromatic rings. The third-order valence-corrected chi connectivity index (χ3v) is 8.55. The summed E-state index contributed by atoms with van der Waals surface area (Å²) in [6, 6.07) is 13.3. The number of methoxy groups -OCH3 is 1. The Morgan fingerprint density at radius 2 is 1.95 bits per heavy atom. The molecular formula is C25H25N5O7S2. The van der Waals surface area contributed by atoms with Gasteiger partial charge in [0, 0.05) is 19.2 Å². The average molecular weight is 572 g/mol. The van der Waals surface area contributed by atoms with Gasteiger partial charge in [-0.3, -0.25) is 14.9 Å².